The van der Waals surface area contributed by atoms with Gasteiger partial charge in [0.05, 0.1) is 11.1 Å². The number of benzene rings is 1. The molecule has 21 heavy (non-hydrogen) atoms. The Bertz CT molecular complexity index is 651. The Balaban J connectivity index is 2.47. The fraction of sp³-hybridized carbons (Fsp3) is 0.375. The molecule has 0 bridgehead atoms. The SMILES string of the molecule is CCCN(CCC)C(=O)c1cc2c(Br)cccc2nc1N. The molecule has 2 rings (SSSR count). The first-order valence-corrected chi connectivity index (χ1v) is 8.01. The maximum atomic E-state index is 12.7. The topological polar surface area (TPSA) is 59.2 Å². The molecule has 4 nitrogen and oxygen atoms in total. The second-order valence-electron chi connectivity index (χ2n) is 5.02. The molecule has 112 valence electrons. The maximum absolute atomic E-state index is 12.7. The van der Waals surface area contributed by atoms with E-state index in [9.17, 15) is 4.79 Å². The number of nitrogen functional groups attached to an aromatic ring is 1. The lowest BCUT2D eigenvalue weighted by Gasteiger charge is -2.22. The number of nitrogens with zero attached hydrogens (tertiary/aromatic N) is 2. The van der Waals surface area contributed by atoms with E-state index in [1.807, 2.05) is 29.2 Å². The summed E-state index contributed by atoms with van der Waals surface area (Å²) in [6.45, 7) is 5.60. The number of nitrogens with two attached hydrogens (primary N) is 1. The quantitative estimate of drug-likeness (QED) is 0.891. The smallest absolute Gasteiger partial charge is 0.257 e. The number of aromatic nitrogens is 1. The van der Waals surface area contributed by atoms with Gasteiger partial charge in [-0.25, -0.2) is 4.98 Å². The molecule has 0 saturated heterocycles. The van der Waals surface area contributed by atoms with Gasteiger partial charge in [-0.1, -0.05) is 35.8 Å². The number of carbonyl (C=O) groups is 1. The number of pyridine rings is 1. The molecule has 1 amide bonds. The third-order valence-electron chi connectivity index (χ3n) is 3.34. The lowest BCUT2D eigenvalue weighted by molar-refractivity contribution is 0.0756. The van der Waals surface area contributed by atoms with E-state index in [1.165, 1.54) is 0 Å². The van der Waals surface area contributed by atoms with Crippen LogP contribution in [0.5, 0.6) is 0 Å². The number of carbonyl (C=O) groups excluding carboxylic acids is 1. The van der Waals surface area contributed by atoms with Crippen LogP contribution in [0.1, 0.15) is 37.0 Å². The van der Waals surface area contributed by atoms with E-state index < -0.39 is 0 Å². The highest BCUT2D eigenvalue weighted by Crippen LogP contribution is 2.26. The molecule has 2 aromatic rings. The average Bonchev–Trinajstić information content (AvgIpc) is 2.46. The summed E-state index contributed by atoms with van der Waals surface area (Å²) in [7, 11) is 0. The normalized spacial score (nSPS) is 10.8. The number of fused-ring (bicyclic) bond motifs is 1. The molecule has 0 aliphatic heterocycles. The summed E-state index contributed by atoms with van der Waals surface area (Å²) in [5.74, 6) is 0.254. The third kappa shape index (κ3) is 3.35. The van der Waals surface area contributed by atoms with Crippen LogP contribution in [0.3, 0.4) is 0 Å². The molecule has 5 heteroatoms. The highest BCUT2D eigenvalue weighted by Gasteiger charge is 2.19. The molecule has 0 radical (unpaired) electrons. The fourth-order valence-electron chi connectivity index (χ4n) is 2.37. The average molecular weight is 350 g/mol. The van der Waals surface area contributed by atoms with Crippen LogP contribution in [0.2, 0.25) is 0 Å². The molecule has 1 heterocycles. The minimum Gasteiger partial charge on any atom is -0.383 e. The summed E-state index contributed by atoms with van der Waals surface area (Å²) in [4.78, 5) is 18.9. The molecule has 0 fully saturated rings. The number of anilines is 1. The molecule has 0 aliphatic carbocycles. The molecule has 0 saturated carbocycles. The molecule has 0 spiro atoms. The molecule has 0 unspecified atom stereocenters. The van der Waals surface area contributed by atoms with Crippen LogP contribution in [0, 0.1) is 0 Å². The van der Waals surface area contributed by atoms with Gasteiger partial charge in [-0.15, -0.1) is 0 Å². The largest absolute Gasteiger partial charge is 0.383 e. The standard InChI is InChI=1S/C16H20BrN3O/c1-3-8-20(9-4-2)16(21)12-10-11-13(17)6-5-7-14(11)19-15(12)18/h5-7,10H,3-4,8-9H2,1-2H3,(H2,18,19). The Morgan fingerprint density at radius 3 is 2.57 bits per heavy atom. The maximum Gasteiger partial charge on any atom is 0.257 e. The second kappa shape index (κ2) is 6.89. The van der Waals surface area contributed by atoms with Gasteiger partial charge in [-0.2, -0.15) is 0 Å². The first kappa shape index (κ1) is 15.8. The first-order valence-electron chi connectivity index (χ1n) is 7.22. The van der Waals surface area contributed by atoms with E-state index in [1.54, 1.807) is 0 Å². The van der Waals surface area contributed by atoms with E-state index in [0.717, 1.165) is 41.3 Å². The van der Waals surface area contributed by atoms with Gasteiger partial charge in [0, 0.05) is 22.9 Å². The van der Waals surface area contributed by atoms with Gasteiger partial charge in [0.1, 0.15) is 5.82 Å². The van der Waals surface area contributed by atoms with Crippen molar-refractivity contribution in [2.24, 2.45) is 0 Å². The fourth-order valence-corrected chi connectivity index (χ4v) is 2.84. The molecular formula is C16H20BrN3O. The zero-order valence-corrected chi connectivity index (χ0v) is 14.0. The summed E-state index contributed by atoms with van der Waals surface area (Å²) >= 11 is 3.50. The van der Waals surface area contributed by atoms with E-state index in [0.29, 0.717) is 11.4 Å². The van der Waals surface area contributed by atoms with Crippen LogP contribution >= 0.6 is 15.9 Å². The van der Waals surface area contributed by atoms with Crippen molar-refractivity contribution in [1.29, 1.82) is 0 Å². The van der Waals surface area contributed by atoms with Crippen molar-refractivity contribution in [1.82, 2.24) is 9.88 Å². The minimum atomic E-state index is -0.0404. The molecule has 1 aromatic heterocycles. The Morgan fingerprint density at radius 1 is 1.29 bits per heavy atom. The van der Waals surface area contributed by atoms with Crippen LogP contribution in [-0.4, -0.2) is 28.9 Å². The Labute approximate surface area is 133 Å². The van der Waals surface area contributed by atoms with E-state index in [-0.39, 0.29) is 5.91 Å². The van der Waals surface area contributed by atoms with Gasteiger partial charge in [0.25, 0.3) is 5.91 Å². The molecule has 0 atom stereocenters. The van der Waals surface area contributed by atoms with Crippen molar-refractivity contribution in [3.63, 3.8) is 0 Å². The predicted molar refractivity (Wildman–Crippen MR) is 90.3 cm³/mol. The number of hydrogen-bond acceptors (Lipinski definition) is 3. The summed E-state index contributed by atoms with van der Waals surface area (Å²) in [5.41, 5.74) is 7.26. The van der Waals surface area contributed by atoms with Gasteiger partial charge in [-0.3, -0.25) is 4.79 Å². The van der Waals surface area contributed by atoms with Crippen molar-refractivity contribution in [2.45, 2.75) is 26.7 Å². The van der Waals surface area contributed by atoms with Crippen LogP contribution < -0.4 is 5.73 Å². The molecular weight excluding hydrogens is 330 g/mol. The zero-order valence-electron chi connectivity index (χ0n) is 12.4. The first-order chi connectivity index (χ1) is 10.1. The van der Waals surface area contributed by atoms with Gasteiger partial charge >= 0.3 is 0 Å². The highest BCUT2D eigenvalue weighted by molar-refractivity contribution is 9.10. The van der Waals surface area contributed by atoms with Crippen molar-refractivity contribution in [3.8, 4) is 0 Å². The molecule has 1 aromatic carbocycles. The van der Waals surface area contributed by atoms with Crippen molar-refractivity contribution >= 4 is 38.6 Å². The third-order valence-corrected chi connectivity index (χ3v) is 4.03. The van der Waals surface area contributed by atoms with Crippen molar-refractivity contribution < 1.29 is 4.79 Å². The van der Waals surface area contributed by atoms with Gasteiger partial charge in [0.15, 0.2) is 0 Å². The Morgan fingerprint density at radius 2 is 1.95 bits per heavy atom. The summed E-state index contributed by atoms with van der Waals surface area (Å²) in [5, 5.41) is 0.906. The molecule has 0 aliphatic rings. The monoisotopic (exact) mass is 349 g/mol. The molecule has 2 N–H and O–H groups in total. The van der Waals surface area contributed by atoms with Gasteiger partial charge < -0.3 is 10.6 Å². The summed E-state index contributed by atoms with van der Waals surface area (Å²) < 4.78 is 0.916. The number of halogens is 1. The Hall–Kier alpha value is -1.62. The zero-order chi connectivity index (χ0) is 15.4. The number of hydrogen-bond donors (Lipinski definition) is 1. The van der Waals surface area contributed by atoms with Gasteiger partial charge in [-0.05, 0) is 31.0 Å². The van der Waals surface area contributed by atoms with Crippen LogP contribution in [0.25, 0.3) is 10.9 Å². The number of rotatable bonds is 5. The Kier molecular flexibility index (Phi) is 5.17. The minimum absolute atomic E-state index is 0.0404. The summed E-state index contributed by atoms with van der Waals surface area (Å²) in [6.07, 6.45) is 1.85. The van der Waals surface area contributed by atoms with Crippen molar-refractivity contribution in [2.75, 3.05) is 18.8 Å². The van der Waals surface area contributed by atoms with Crippen molar-refractivity contribution in [3.05, 3.63) is 34.3 Å². The van der Waals surface area contributed by atoms with E-state index in [2.05, 4.69) is 34.8 Å². The lowest BCUT2D eigenvalue weighted by Crippen LogP contribution is -2.33. The summed E-state index contributed by atoms with van der Waals surface area (Å²) in [6, 6.07) is 7.56. The van der Waals surface area contributed by atoms with Crippen LogP contribution in [0.15, 0.2) is 28.7 Å². The van der Waals surface area contributed by atoms with Crippen LogP contribution in [-0.2, 0) is 0 Å². The van der Waals surface area contributed by atoms with E-state index >= 15 is 0 Å². The van der Waals surface area contributed by atoms with Crippen LogP contribution in [0.4, 0.5) is 5.82 Å². The van der Waals surface area contributed by atoms with E-state index in [4.69, 9.17) is 5.73 Å². The highest BCUT2D eigenvalue weighted by atomic mass is 79.9. The number of amides is 1. The lowest BCUT2D eigenvalue weighted by atomic mass is 10.1. The predicted octanol–water partition coefficient (Wildman–Crippen LogP) is 3.84. The van der Waals surface area contributed by atoms with Gasteiger partial charge in [0.2, 0.25) is 0 Å². The second-order valence-corrected chi connectivity index (χ2v) is 5.87.